The molecule has 1 saturated heterocycles. The summed E-state index contributed by atoms with van der Waals surface area (Å²) in [6, 6.07) is 3.93. The number of fused-ring (bicyclic) bond motifs is 1. The molecule has 0 spiro atoms. The third kappa shape index (κ3) is 4.43. The van der Waals surface area contributed by atoms with Crippen molar-refractivity contribution in [2.75, 3.05) is 51.3 Å². The first-order chi connectivity index (χ1) is 13.2. The number of aromatic nitrogens is 1. The minimum absolute atomic E-state index is 0.0425. The second kappa shape index (κ2) is 8.56. The molecule has 8 heteroatoms. The number of pyridine rings is 1. The maximum atomic E-state index is 12.5. The van der Waals surface area contributed by atoms with Crippen molar-refractivity contribution < 1.29 is 9.53 Å². The van der Waals surface area contributed by atoms with Crippen LogP contribution in [0.4, 0.5) is 5.82 Å². The van der Waals surface area contributed by atoms with Crippen LogP contribution in [0, 0.1) is 0 Å². The van der Waals surface area contributed by atoms with Crippen LogP contribution in [0.5, 0.6) is 0 Å². The molecule has 4 heterocycles. The molecule has 0 radical (unpaired) electrons. The quantitative estimate of drug-likeness (QED) is 0.827. The van der Waals surface area contributed by atoms with Gasteiger partial charge in [0.1, 0.15) is 5.82 Å². The fourth-order valence-corrected chi connectivity index (χ4v) is 4.59. The van der Waals surface area contributed by atoms with Gasteiger partial charge in [0.15, 0.2) is 0 Å². The molecular formula is C19H23ClN4O2S. The first-order valence-electron chi connectivity index (χ1n) is 9.25. The Kier molecular flexibility index (Phi) is 5.92. The molecule has 0 aliphatic carbocycles. The van der Waals surface area contributed by atoms with Crippen molar-refractivity contribution in [3.05, 3.63) is 44.7 Å². The SMILES string of the molecule is O=C(c1cnc(NCCN2CCc3sccc3C2)c(Cl)c1)N1CCOCC1. The summed E-state index contributed by atoms with van der Waals surface area (Å²) in [6.07, 6.45) is 2.73. The number of ether oxygens (including phenoxy) is 1. The van der Waals surface area contributed by atoms with Crippen molar-refractivity contribution in [1.82, 2.24) is 14.8 Å². The van der Waals surface area contributed by atoms with Crippen LogP contribution in [0.25, 0.3) is 0 Å². The summed E-state index contributed by atoms with van der Waals surface area (Å²) in [6.45, 7) is 6.17. The third-order valence-corrected chi connectivity index (χ3v) is 6.30. The van der Waals surface area contributed by atoms with Crippen LogP contribution in [0.2, 0.25) is 5.02 Å². The maximum absolute atomic E-state index is 12.5. The number of thiophene rings is 1. The highest BCUT2D eigenvalue weighted by Crippen LogP contribution is 2.24. The minimum atomic E-state index is -0.0425. The van der Waals surface area contributed by atoms with Crippen molar-refractivity contribution in [3.8, 4) is 0 Å². The monoisotopic (exact) mass is 406 g/mol. The predicted molar refractivity (Wildman–Crippen MR) is 108 cm³/mol. The summed E-state index contributed by atoms with van der Waals surface area (Å²) in [5, 5.41) is 5.95. The summed E-state index contributed by atoms with van der Waals surface area (Å²) in [5.41, 5.74) is 1.97. The van der Waals surface area contributed by atoms with Crippen LogP contribution in [0.1, 0.15) is 20.8 Å². The van der Waals surface area contributed by atoms with Gasteiger partial charge in [-0.05, 0) is 29.5 Å². The number of rotatable bonds is 5. The van der Waals surface area contributed by atoms with Crippen LogP contribution >= 0.6 is 22.9 Å². The molecule has 0 unspecified atom stereocenters. The summed E-state index contributed by atoms with van der Waals surface area (Å²) < 4.78 is 5.29. The van der Waals surface area contributed by atoms with Gasteiger partial charge in [-0.1, -0.05) is 11.6 Å². The van der Waals surface area contributed by atoms with Gasteiger partial charge < -0.3 is 15.0 Å². The van der Waals surface area contributed by atoms with E-state index in [1.807, 2.05) is 11.3 Å². The van der Waals surface area contributed by atoms with Gasteiger partial charge in [0, 0.05) is 50.3 Å². The van der Waals surface area contributed by atoms with Crippen LogP contribution in [-0.2, 0) is 17.7 Å². The molecular weight excluding hydrogens is 384 g/mol. The Morgan fingerprint density at radius 1 is 1.33 bits per heavy atom. The lowest BCUT2D eigenvalue weighted by Gasteiger charge is -2.27. The summed E-state index contributed by atoms with van der Waals surface area (Å²) in [7, 11) is 0. The number of nitrogens with one attached hydrogen (secondary N) is 1. The fourth-order valence-electron chi connectivity index (χ4n) is 3.46. The minimum Gasteiger partial charge on any atom is -0.378 e. The number of hydrogen-bond acceptors (Lipinski definition) is 6. The van der Waals surface area contributed by atoms with E-state index in [0.29, 0.717) is 42.7 Å². The zero-order valence-corrected chi connectivity index (χ0v) is 16.7. The Morgan fingerprint density at radius 3 is 3.00 bits per heavy atom. The van der Waals surface area contributed by atoms with E-state index in [1.54, 1.807) is 17.2 Å². The van der Waals surface area contributed by atoms with Gasteiger partial charge in [-0.25, -0.2) is 4.98 Å². The van der Waals surface area contributed by atoms with Crippen molar-refractivity contribution >= 4 is 34.7 Å². The number of nitrogens with zero attached hydrogens (tertiary/aromatic N) is 3. The largest absolute Gasteiger partial charge is 0.378 e. The number of carbonyl (C=O) groups excluding carboxylic acids is 1. The van der Waals surface area contributed by atoms with E-state index in [0.717, 1.165) is 32.6 Å². The molecule has 144 valence electrons. The zero-order valence-electron chi connectivity index (χ0n) is 15.1. The van der Waals surface area contributed by atoms with Crippen molar-refractivity contribution in [1.29, 1.82) is 0 Å². The molecule has 0 bridgehead atoms. The van der Waals surface area contributed by atoms with Gasteiger partial charge in [-0.2, -0.15) is 0 Å². The van der Waals surface area contributed by atoms with E-state index >= 15 is 0 Å². The van der Waals surface area contributed by atoms with Crippen molar-refractivity contribution in [3.63, 3.8) is 0 Å². The molecule has 1 N–H and O–H groups in total. The van der Waals surface area contributed by atoms with Crippen LogP contribution in [0.15, 0.2) is 23.7 Å². The lowest BCUT2D eigenvalue weighted by molar-refractivity contribution is 0.0302. The Hall–Kier alpha value is -1.67. The lowest BCUT2D eigenvalue weighted by Crippen LogP contribution is -2.40. The van der Waals surface area contributed by atoms with Gasteiger partial charge in [-0.15, -0.1) is 11.3 Å². The number of anilines is 1. The van der Waals surface area contributed by atoms with E-state index in [9.17, 15) is 4.79 Å². The van der Waals surface area contributed by atoms with Crippen molar-refractivity contribution in [2.45, 2.75) is 13.0 Å². The van der Waals surface area contributed by atoms with Crippen LogP contribution in [-0.4, -0.2) is 66.6 Å². The second-order valence-corrected chi connectivity index (χ2v) is 8.19. The molecule has 2 aliphatic heterocycles. The molecule has 2 aromatic rings. The number of halogens is 1. The maximum Gasteiger partial charge on any atom is 0.255 e. The Bertz CT molecular complexity index is 807. The topological polar surface area (TPSA) is 57.7 Å². The average molecular weight is 407 g/mol. The molecule has 0 saturated carbocycles. The smallest absolute Gasteiger partial charge is 0.255 e. The van der Waals surface area contributed by atoms with Gasteiger partial charge >= 0.3 is 0 Å². The predicted octanol–water partition coefficient (Wildman–Crippen LogP) is 2.74. The zero-order chi connectivity index (χ0) is 18.6. The molecule has 27 heavy (non-hydrogen) atoms. The standard InChI is InChI=1S/C19H23ClN4O2S/c20-16-11-15(19(25)24-6-8-26-9-7-24)12-22-18(16)21-3-5-23-4-1-17-14(13-23)2-10-27-17/h2,10-12H,1,3-9,13H2,(H,21,22). The van der Waals surface area contributed by atoms with Crippen molar-refractivity contribution in [2.24, 2.45) is 0 Å². The number of carbonyl (C=O) groups is 1. The number of morpholine rings is 1. The molecule has 0 atom stereocenters. The summed E-state index contributed by atoms with van der Waals surface area (Å²) in [4.78, 5) is 22.6. The highest BCUT2D eigenvalue weighted by molar-refractivity contribution is 7.10. The van der Waals surface area contributed by atoms with E-state index < -0.39 is 0 Å². The Morgan fingerprint density at radius 2 is 2.19 bits per heavy atom. The average Bonchev–Trinajstić information content (AvgIpc) is 3.17. The molecule has 1 fully saturated rings. The van der Waals surface area contributed by atoms with E-state index in [-0.39, 0.29) is 5.91 Å². The summed E-state index contributed by atoms with van der Waals surface area (Å²) in [5.74, 6) is 0.586. The molecule has 4 rings (SSSR count). The second-order valence-electron chi connectivity index (χ2n) is 6.78. The van der Waals surface area contributed by atoms with E-state index in [1.165, 1.54) is 10.4 Å². The Labute approximate surface area is 168 Å². The van der Waals surface area contributed by atoms with Crippen LogP contribution < -0.4 is 5.32 Å². The molecule has 2 aromatic heterocycles. The normalized spacial score (nSPS) is 17.6. The van der Waals surface area contributed by atoms with Crippen LogP contribution in [0.3, 0.4) is 0 Å². The first-order valence-corrected chi connectivity index (χ1v) is 10.5. The molecule has 0 aromatic carbocycles. The number of hydrogen-bond donors (Lipinski definition) is 1. The van der Waals surface area contributed by atoms with E-state index in [2.05, 4.69) is 26.6 Å². The first kappa shape index (κ1) is 18.7. The molecule has 6 nitrogen and oxygen atoms in total. The van der Waals surface area contributed by atoms with Gasteiger partial charge in [0.25, 0.3) is 5.91 Å². The number of amides is 1. The summed E-state index contributed by atoms with van der Waals surface area (Å²) >= 11 is 8.21. The highest BCUT2D eigenvalue weighted by Gasteiger charge is 2.20. The fraction of sp³-hybridized carbons (Fsp3) is 0.474. The van der Waals surface area contributed by atoms with E-state index in [4.69, 9.17) is 16.3 Å². The third-order valence-electron chi connectivity index (χ3n) is 4.99. The van der Waals surface area contributed by atoms with Gasteiger partial charge in [0.2, 0.25) is 0 Å². The Balaban J connectivity index is 1.30. The molecule has 2 aliphatic rings. The lowest BCUT2D eigenvalue weighted by atomic mass is 10.1. The van der Waals surface area contributed by atoms with Gasteiger partial charge in [-0.3, -0.25) is 9.69 Å². The highest BCUT2D eigenvalue weighted by atomic mass is 35.5. The van der Waals surface area contributed by atoms with Gasteiger partial charge in [0.05, 0.1) is 23.8 Å². The molecule has 1 amide bonds.